The molecule has 2 N–H and O–H groups in total. The molecule has 0 aliphatic rings. The van der Waals surface area contributed by atoms with Crippen LogP contribution in [-0.2, 0) is 0 Å². The zero-order chi connectivity index (χ0) is 12.1. The van der Waals surface area contributed by atoms with Gasteiger partial charge in [-0.05, 0) is 31.4 Å². The van der Waals surface area contributed by atoms with Crippen molar-refractivity contribution in [2.45, 2.75) is 33.7 Å². The Morgan fingerprint density at radius 1 is 1.25 bits per heavy atom. The van der Waals surface area contributed by atoms with Gasteiger partial charge in [-0.2, -0.15) is 0 Å². The molecule has 1 aromatic carbocycles. The normalized spacial score (nSPS) is 12.9. The number of rotatable bonds is 5. The minimum Gasteiger partial charge on any atom is -0.370 e. The van der Waals surface area contributed by atoms with Crippen LogP contribution in [0.1, 0.15) is 26.3 Å². The van der Waals surface area contributed by atoms with Gasteiger partial charge in [0, 0.05) is 24.8 Å². The first-order valence-electron chi connectivity index (χ1n) is 6.12. The van der Waals surface area contributed by atoms with E-state index >= 15 is 0 Å². The average molecular weight is 220 g/mol. The Hall–Kier alpha value is -1.02. The van der Waals surface area contributed by atoms with Gasteiger partial charge in [0.1, 0.15) is 0 Å². The molecule has 2 nitrogen and oxygen atoms in total. The molecule has 0 heterocycles. The second kappa shape index (κ2) is 5.90. The first-order chi connectivity index (χ1) is 7.56. The number of para-hydroxylation sites is 1. The van der Waals surface area contributed by atoms with E-state index in [1.807, 2.05) is 0 Å². The highest BCUT2D eigenvalue weighted by atomic mass is 15.1. The van der Waals surface area contributed by atoms with E-state index in [1.54, 1.807) is 0 Å². The summed E-state index contributed by atoms with van der Waals surface area (Å²) in [6.07, 6.45) is 0. The van der Waals surface area contributed by atoms with E-state index in [1.165, 1.54) is 11.3 Å². The van der Waals surface area contributed by atoms with Crippen molar-refractivity contribution in [3.05, 3.63) is 29.8 Å². The highest BCUT2D eigenvalue weighted by Crippen LogP contribution is 2.19. The zero-order valence-electron chi connectivity index (χ0n) is 10.9. The molecule has 0 saturated carbocycles. The Morgan fingerprint density at radius 2 is 1.88 bits per heavy atom. The first-order valence-corrected chi connectivity index (χ1v) is 6.12. The molecule has 2 heteroatoms. The number of likely N-dealkylation sites (N-methyl/N-ethyl adjacent to an activating group) is 1. The Bertz CT molecular complexity index is 320. The Labute approximate surface area is 99.5 Å². The van der Waals surface area contributed by atoms with Crippen molar-refractivity contribution in [3.8, 4) is 0 Å². The second-order valence-electron chi connectivity index (χ2n) is 4.73. The summed E-state index contributed by atoms with van der Waals surface area (Å²) in [5.74, 6) is 0.526. The fourth-order valence-corrected chi connectivity index (χ4v) is 1.78. The van der Waals surface area contributed by atoms with E-state index in [-0.39, 0.29) is 6.04 Å². The fraction of sp³-hybridized carbons (Fsp3) is 0.571. The van der Waals surface area contributed by atoms with Crippen LogP contribution in [0.3, 0.4) is 0 Å². The minimum atomic E-state index is 0.236. The number of benzene rings is 1. The Kier molecular flexibility index (Phi) is 4.81. The van der Waals surface area contributed by atoms with Gasteiger partial charge in [0.05, 0.1) is 0 Å². The number of aryl methyl sites for hydroxylation is 1. The molecule has 1 aromatic rings. The first kappa shape index (κ1) is 13.0. The van der Waals surface area contributed by atoms with Crippen LogP contribution in [0.4, 0.5) is 5.69 Å². The molecule has 0 aliphatic heterocycles. The van der Waals surface area contributed by atoms with Gasteiger partial charge in [-0.3, -0.25) is 0 Å². The van der Waals surface area contributed by atoms with Gasteiger partial charge in [-0.15, -0.1) is 0 Å². The highest BCUT2D eigenvalue weighted by Gasteiger charge is 2.13. The lowest BCUT2D eigenvalue weighted by molar-refractivity contribution is 0.487. The summed E-state index contributed by atoms with van der Waals surface area (Å²) in [6, 6.07) is 8.73. The Balaban J connectivity index is 2.79. The predicted octanol–water partition coefficient (Wildman–Crippen LogP) is 2.80. The van der Waals surface area contributed by atoms with Crippen LogP contribution in [0, 0.1) is 12.8 Å². The summed E-state index contributed by atoms with van der Waals surface area (Å²) in [4.78, 5) is 2.36. The summed E-state index contributed by atoms with van der Waals surface area (Å²) in [6.45, 7) is 10.6. The van der Waals surface area contributed by atoms with E-state index in [9.17, 15) is 0 Å². The zero-order valence-corrected chi connectivity index (χ0v) is 10.9. The molecule has 1 atom stereocenters. The number of nitrogens with two attached hydrogens (primary N) is 1. The summed E-state index contributed by atoms with van der Waals surface area (Å²) in [5, 5.41) is 0. The SMILES string of the molecule is CCN(CC(N)C(C)C)c1ccccc1C. The second-order valence-corrected chi connectivity index (χ2v) is 4.73. The van der Waals surface area contributed by atoms with Crippen molar-refractivity contribution in [1.29, 1.82) is 0 Å². The third-order valence-corrected chi connectivity index (χ3v) is 3.13. The van der Waals surface area contributed by atoms with E-state index < -0.39 is 0 Å². The monoisotopic (exact) mass is 220 g/mol. The van der Waals surface area contributed by atoms with Crippen LogP contribution in [-0.4, -0.2) is 19.1 Å². The van der Waals surface area contributed by atoms with Crippen molar-refractivity contribution in [3.63, 3.8) is 0 Å². The standard InChI is InChI=1S/C14H24N2/c1-5-16(10-13(15)11(2)3)14-9-7-6-8-12(14)4/h6-9,11,13H,5,10,15H2,1-4H3. The molecule has 1 rings (SSSR count). The average Bonchev–Trinajstić information content (AvgIpc) is 2.26. The summed E-state index contributed by atoms with van der Waals surface area (Å²) < 4.78 is 0. The van der Waals surface area contributed by atoms with Gasteiger partial charge in [-0.25, -0.2) is 0 Å². The van der Waals surface area contributed by atoms with Gasteiger partial charge < -0.3 is 10.6 Å². The van der Waals surface area contributed by atoms with Crippen molar-refractivity contribution in [2.24, 2.45) is 11.7 Å². The van der Waals surface area contributed by atoms with Crippen molar-refractivity contribution in [1.82, 2.24) is 0 Å². The maximum Gasteiger partial charge on any atom is 0.0396 e. The number of anilines is 1. The molecule has 0 radical (unpaired) electrons. The van der Waals surface area contributed by atoms with Crippen LogP contribution in [0.25, 0.3) is 0 Å². The van der Waals surface area contributed by atoms with E-state index in [2.05, 4.69) is 56.9 Å². The van der Waals surface area contributed by atoms with Crippen molar-refractivity contribution >= 4 is 5.69 Å². The van der Waals surface area contributed by atoms with Crippen LogP contribution < -0.4 is 10.6 Å². The number of hydrogen-bond donors (Lipinski definition) is 1. The van der Waals surface area contributed by atoms with Crippen LogP contribution in [0.5, 0.6) is 0 Å². The fourth-order valence-electron chi connectivity index (χ4n) is 1.78. The van der Waals surface area contributed by atoms with Crippen LogP contribution in [0.2, 0.25) is 0 Å². The molecule has 0 saturated heterocycles. The molecule has 0 spiro atoms. The molecule has 0 bridgehead atoms. The quantitative estimate of drug-likeness (QED) is 0.826. The van der Waals surface area contributed by atoms with Crippen LogP contribution >= 0.6 is 0 Å². The lowest BCUT2D eigenvalue weighted by atomic mass is 10.0. The third kappa shape index (κ3) is 3.24. The van der Waals surface area contributed by atoms with Gasteiger partial charge in [0.2, 0.25) is 0 Å². The lowest BCUT2D eigenvalue weighted by Gasteiger charge is -2.29. The molecule has 16 heavy (non-hydrogen) atoms. The van der Waals surface area contributed by atoms with Gasteiger partial charge in [-0.1, -0.05) is 32.0 Å². The highest BCUT2D eigenvalue weighted by molar-refractivity contribution is 5.52. The maximum atomic E-state index is 6.14. The van der Waals surface area contributed by atoms with E-state index in [4.69, 9.17) is 5.73 Å². The van der Waals surface area contributed by atoms with Crippen LogP contribution in [0.15, 0.2) is 24.3 Å². The maximum absolute atomic E-state index is 6.14. The third-order valence-electron chi connectivity index (χ3n) is 3.13. The largest absolute Gasteiger partial charge is 0.370 e. The topological polar surface area (TPSA) is 29.3 Å². The van der Waals surface area contributed by atoms with Crippen molar-refractivity contribution in [2.75, 3.05) is 18.0 Å². The van der Waals surface area contributed by atoms with E-state index in [0.717, 1.165) is 13.1 Å². The van der Waals surface area contributed by atoms with Gasteiger partial charge >= 0.3 is 0 Å². The Morgan fingerprint density at radius 3 is 2.38 bits per heavy atom. The molecule has 0 amide bonds. The summed E-state index contributed by atoms with van der Waals surface area (Å²) in [5.41, 5.74) is 8.77. The lowest BCUT2D eigenvalue weighted by Crippen LogP contribution is -2.41. The number of hydrogen-bond acceptors (Lipinski definition) is 2. The minimum absolute atomic E-state index is 0.236. The molecular weight excluding hydrogens is 196 g/mol. The van der Waals surface area contributed by atoms with E-state index in [0.29, 0.717) is 5.92 Å². The summed E-state index contributed by atoms with van der Waals surface area (Å²) in [7, 11) is 0. The number of nitrogens with zero attached hydrogens (tertiary/aromatic N) is 1. The molecular formula is C14H24N2. The molecule has 0 fully saturated rings. The van der Waals surface area contributed by atoms with Gasteiger partial charge in [0.15, 0.2) is 0 Å². The van der Waals surface area contributed by atoms with Crippen molar-refractivity contribution < 1.29 is 0 Å². The summed E-state index contributed by atoms with van der Waals surface area (Å²) >= 11 is 0. The smallest absolute Gasteiger partial charge is 0.0396 e. The molecule has 0 aliphatic carbocycles. The molecule has 0 aromatic heterocycles. The van der Waals surface area contributed by atoms with Gasteiger partial charge in [0.25, 0.3) is 0 Å². The predicted molar refractivity (Wildman–Crippen MR) is 71.9 cm³/mol. The molecule has 90 valence electrons. The molecule has 1 unspecified atom stereocenters.